The Balaban J connectivity index is 2.17. The smallest absolute Gasteiger partial charge is 0.0532 e. The second-order valence-corrected chi connectivity index (χ2v) is 4.95. The van der Waals surface area contributed by atoms with E-state index in [1.807, 2.05) is 0 Å². The fraction of sp³-hybridized carbons (Fsp3) is 0.857. The molecule has 1 rings (SSSR count). The molecule has 0 bridgehead atoms. The van der Waals surface area contributed by atoms with Crippen LogP contribution in [0.15, 0.2) is 12.2 Å². The Bertz CT molecular complexity index is 195. The van der Waals surface area contributed by atoms with Crippen molar-refractivity contribution in [2.45, 2.75) is 45.4 Å². The van der Waals surface area contributed by atoms with E-state index in [2.05, 4.69) is 13.5 Å². The largest absolute Gasteiger partial charge is 0.396 e. The number of aliphatic hydroxyl groups excluding tert-OH is 1. The van der Waals surface area contributed by atoms with Crippen molar-refractivity contribution in [1.82, 2.24) is 0 Å². The standard InChI is InChI=1S/C14H26O2/c1-3-4-5-13(10-15)7-6-12(2)14-8-9-16-11-14/h13-15H,2-11H2,1H3. The lowest BCUT2D eigenvalue weighted by Crippen LogP contribution is -2.09. The normalized spacial score (nSPS) is 22.2. The summed E-state index contributed by atoms with van der Waals surface area (Å²) >= 11 is 0. The molecular formula is C14H26O2. The minimum atomic E-state index is 0.328. The van der Waals surface area contributed by atoms with Crippen molar-refractivity contribution in [1.29, 1.82) is 0 Å². The average Bonchev–Trinajstić information content (AvgIpc) is 2.82. The molecule has 1 N–H and O–H groups in total. The SMILES string of the molecule is C=C(CCC(CO)CCCC)C1CCOC1. The molecule has 94 valence electrons. The van der Waals surface area contributed by atoms with Crippen molar-refractivity contribution in [3.63, 3.8) is 0 Å². The van der Waals surface area contributed by atoms with E-state index in [4.69, 9.17) is 4.74 Å². The van der Waals surface area contributed by atoms with Gasteiger partial charge in [0.25, 0.3) is 0 Å². The third kappa shape index (κ3) is 4.67. The van der Waals surface area contributed by atoms with E-state index in [-0.39, 0.29) is 0 Å². The van der Waals surface area contributed by atoms with Crippen molar-refractivity contribution >= 4 is 0 Å². The van der Waals surface area contributed by atoms with Crippen LogP contribution in [0.1, 0.15) is 45.4 Å². The van der Waals surface area contributed by atoms with Crippen LogP contribution in [-0.4, -0.2) is 24.9 Å². The van der Waals surface area contributed by atoms with E-state index in [1.54, 1.807) is 0 Å². The summed E-state index contributed by atoms with van der Waals surface area (Å²) in [6, 6.07) is 0. The highest BCUT2D eigenvalue weighted by Crippen LogP contribution is 2.26. The summed E-state index contributed by atoms with van der Waals surface area (Å²) in [6.07, 6.45) is 6.88. The highest BCUT2D eigenvalue weighted by atomic mass is 16.5. The van der Waals surface area contributed by atoms with Crippen molar-refractivity contribution in [3.8, 4) is 0 Å². The molecule has 2 unspecified atom stereocenters. The fourth-order valence-corrected chi connectivity index (χ4v) is 2.27. The summed E-state index contributed by atoms with van der Waals surface area (Å²) in [6.45, 7) is 8.44. The zero-order valence-electron chi connectivity index (χ0n) is 10.6. The van der Waals surface area contributed by atoms with Gasteiger partial charge < -0.3 is 9.84 Å². The maximum absolute atomic E-state index is 9.28. The fourth-order valence-electron chi connectivity index (χ4n) is 2.27. The molecule has 16 heavy (non-hydrogen) atoms. The molecule has 2 heteroatoms. The first-order valence-corrected chi connectivity index (χ1v) is 6.64. The van der Waals surface area contributed by atoms with Gasteiger partial charge in [0.15, 0.2) is 0 Å². The minimum absolute atomic E-state index is 0.328. The predicted molar refractivity (Wildman–Crippen MR) is 67.4 cm³/mol. The maximum atomic E-state index is 9.28. The highest BCUT2D eigenvalue weighted by molar-refractivity contribution is 5.02. The van der Waals surface area contributed by atoms with Gasteiger partial charge in [0.1, 0.15) is 0 Å². The van der Waals surface area contributed by atoms with Crippen molar-refractivity contribution in [2.24, 2.45) is 11.8 Å². The third-order valence-corrected chi connectivity index (χ3v) is 3.60. The van der Waals surface area contributed by atoms with Gasteiger partial charge in [-0.1, -0.05) is 31.9 Å². The van der Waals surface area contributed by atoms with Gasteiger partial charge in [-0.15, -0.1) is 0 Å². The second-order valence-electron chi connectivity index (χ2n) is 4.95. The first-order chi connectivity index (χ1) is 7.77. The zero-order valence-corrected chi connectivity index (χ0v) is 10.6. The molecule has 2 nitrogen and oxygen atoms in total. The van der Waals surface area contributed by atoms with Crippen LogP contribution in [0.5, 0.6) is 0 Å². The van der Waals surface area contributed by atoms with Crippen LogP contribution in [-0.2, 0) is 4.74 Å². The van der Waals surface area contributed by atoms with E-state index in [0.29, 0.717) is 18.4 Å². The predicted octanol–water partition coefficient (Wildman–Crippen LogP) is 3.16. The van der Waals surface area contributed by atoms with Crippen LogP contribution >= 0.6 is 0 Å². The Labute approximate surface area is 99.7 Å². The lowest BCUT2D eigenvalue weighted by atomic mass is 9.90. The molecule has 0 amide bonds. The van der Waals surface area contributed by atoms with Gasteiger partial charge in [0.2, 0.25) is 0 Å². The molecule has 1 heterocycles. The molecule has 0 saturated carbocycles. The quantitative estimate of drug-likeness (QED) is 0.644. The van der Waals surface area contributed by atoms with Crippen LogP contribution in [0, 0.1) is 11.8 Å². The molecule has 1 fully saturated rings. The molecule has 0 radical (unpaired) electrons. The Morgan fingerprint density at radius 2 is 2.31 bits per heavy atom. The molecule has 0 spiro atoms. The van der Waals surface area contributed by atoms with E-state index in [9.17, 15) is 5.11 Å². The van der Waals surface area contributed by atoms with E-state index in [0.717, 1.165) is 38.9 Å². The maximum Gasteiger partial charge on any atom is 0.0532 e. The van der Waals surface area contributed by atoms with Gasteiger partial charge in [-0.25, -0.2) is 0 Å². The topological polar surface area (TPSA) is 29.5 Å². The van der Waals surface area contributed by atoms with E-state index in [1.165, 1.54) is 18.4 Å². The van der Waals surface area contributed by atoms with Crippen molar-refractivity contribution in [2.75, 3.05) is 19.8 Å². The van der Waals surface area contributed by atoms with Crippen LogP contribution in [0.3, 0.4) is 0 Å². The number of hydrogen-bond donors (Lipinski definition) is 1. The first kappa shape index (κ1) is 13.7. The number of ether oxygens (including phenoxy) is 1. The Morgan fingerprint density at radius 1 is 1.50 bits per heavy atom. The molecular weight excluding hydrogens is 200 g/mol. The first-order valence-electron chi connectivity index (χ1n) is 6.64. The van der Waals surface area contributed by atoms with E-state index >= 15 is 0 Å². The van der Waals surface area contributed by atoms with Gasteiger partial charge in [-0.05, 0) is 31.6 Å². The van der Waals surface area contributed by atoms with Crippen LogP contribution in [0.2, 0.25) is 0 Å². The molecule has 0 aliphatic carbocycles. The number of hydrogen-bond acceptors (Lipinski definition) is 2. The van der Waals surface area contributed by atoms with Gasteiger partial charge in [-0.2, -0.15) is 0 Å². The van der Waals surface area contributed by atoms with Crippen molar-refractivity contribution in [3.05, 3.63) is 12.2 Å². The van der Waals surface area contributed by atoms with Crippen LogP contribution < -0.4 is 0 Å². The summed E-state index contributed by atoms with van der Waals surface area (Å²) in [5, 5.41) is 9.28. The van der Waals surface area contributed by atoms with E-state index < -0.39 is 0 Å². The van der Waals surface area contributed by atoms with Gasteiger partial charge in [0, 0.05) is 19.1 Å². The minimum Gasteiger partial charge on any atom is -0.396 e. The van der Waals surface area contributed by atoms with Gasteiger partial charge in [0.05, 0.1) is 6.61 Å². The molecule has 1 saturated heterocycles. The third-order valence-electron chi connectivity index (χ3n) is 3.60. The zero-order chi connectivity index (χ0) is 11.8. The van der Waals surface area contributed by atoms with Crippen molar-refractivity contribution < 1.29 is 9.84 Å². The molecule has 0 aromatic rings. The number of rotatable bonds is 8. The van der Waals surface area contributed by atoms with Crippen LogP contribution in [0.25, 0.3) is 0 Å². The summed E-state index contributed by atoms with van der Waals surface area (Å²) in [5.41, 5.74) is 1.33. The van der Waals surface area contributed by atoms with Gasteiger partial charge >= 0.3 is 0 Å². The lowest BCUT2D eigenvalue weighted by Gasteiger charge is -2.16. The Hall–Kier alpha value is -0.340. The van der Waals surface area contributed by atoms with Crippen LogP contribution in [0.4, 0.5) is 0 Å². The summed E-state index contributed by atoms with van der Waals surface area (Å²) in [7, 11) is 0. The molecule has 0 aromatic heterocycles. The summed E-state index contributed by atoms with van der Waals surface area (Å²) in [5.74, 6) is 1.05. The second kappa shape index (κ2) is 7.86. The van der Waals surface area contributed by atoms with Gasteiger partial charge in [-0.3, -0.25) is 0 Å². The molecule has 2 atom stereocenters. The average molecular weight is 226 g/mol. The number of aliphatic hydroxyl groups is 1. The lowest BCUT2D eigenvalue weighted by molar-refractivity contribution is 0.188. The summed E-state index contributed by atoms with van der Waals surface area (Å²) < 4.78 is 5.37. The molecule has 0 aromatic carbocycles. The molecule has 1 aliphatic heterocycles. The Morgan fingerprint density at radius 3 is 2.88 bits per heavy atom. The highest BCUT2D eigenvalue weighted by Gasteiger charge is 2.19. The Kier molecular flexibility index (Phi) is 6.74. The number of unbranched alkanes of at least 4 members (excludes halogenated alkanes) is 1. The monoisotopic (exact) mass is 226 g/mol. The summed E-state index contributed by atoms with van der Waals surface area (Å²) in [4.78, 5) is 0. The molecule has 1 aliphatic rings.